The predicted molar refractivity (Wildman–Crippen MR) is 103 cm³/mol. The molecule has 2 heterocycles. The first-order valence-corrected chi connectivity index (χ1v) is 10.5. The number of nitrogens with one attached hydrogen (secondary N) is 2. The third kappa shape index (κ3) is 2.81. The van der Waals surface area contributed by atoms with Gasteiger partial charge < -0.3 is 20.1 Å². The van der Waals surface area contributed by atoms with Crippen LogP contribution in [0, 0.1) is 17.3 Å². The monoisotopic (exact) mass is 384 g/mol. The van der Waals surface area contributed by atoms with Gasteiger partial charge in [-0.05, 0) is 49.7 Å². The van der Waals surface area contributed by atoms with Crippen LogP contribution in [0.25, 0.3) is 0 Å². The number of amides is 2. The molecule has 6 nitrogen and oxygen atoms in total. The number of hydrogen-bond donors (Lipinski definition) is 2. The molecular formula is C22H28N2O4. The Kier molecular flexibility index (Phi) is 4.16. The number of carbonyl (C=O) groups excluding carboxylic acids is 2. The molecule has 0 radical (unpaired) electrons. The smallest absolute Gasteiger partial charge is 0.258 e. The van der Waals surface area contributed by atoms with Gasteiger partial charge in [0.1, 0.15) is 5.75 Å². The molecule has 4 fully saturated rings. The highest BCUT2D eigenvalue weighted by Gasteiger charge is 2.61. The summed E-state index contributed by atoms with van der Waals surface area (Å²) < 4.78 is 12.0. The molecule has 0 unspecified atom stereocenters. The summed E-state index contributed by atoms with van der Waals surface area (Å²) >= 11 is 0. The Morgan fingerprint density at radius 2 is 2.18 bits per heavy atom. The zero-order valence-electron chi connectivity index (χ0n) is 16.3. The van der Waals surface area contributed by atoms with E-state index in [0.29, 0.717) is 24.3 Å². The van der Waals surface area contributed by atoms with Crippen molar-refractivity contribution in [1.29, 1.82) is 0 Å². The van der Waals surface area contributed by atoms with Crippen molar-refractivity contribution in [3.8, 4) is 5.75 Å². The van der Waals surface area contributed by atoms with Crippen LogP contribution in [-0.2, 0) is 9.53 Å². The molecule has 150 valence electrons. The Morgan fingerprint density at radius 3 is 2.96 bits per heavy atom. The second-order valence-corrected chi connectivity index (χ2v) is 9.18. The molecule has 1 saturated heterocycles. The van der Waals surface area contributed by atoms with Gasteiger partial charge in [-0.1, -0.05) is 19.1 Å². The maximum Gasteiger partial charge on any atom is 0.258 e. The van der Waals surface area contributed by atoms with E-state index in [1.54, 1.807) is 6.07 Å². The molecule has 1 aromatic rings. The fourth-order valence-corrected chi connectivity index (χ4v) is 5.80. The number of carbonyl (C=O) groups is 2. The van der Waals surface area contributed by atoms with Crippen LogP contribution in [0.5, 0.6) is 5.75 Å². The van der Waals surface area contributed by atoms with E-state index in [1.807, 2.05) is 18.2 Å². The second-order valence-electron chi connectivity index (χ2n) is 9.18. The summed E-state index contributed by atoms with van der Waals surface area (Å²) in [5, 5.41) is 6.30. The molecule has 3 saturated carbocycles. The van der Waals surface area contributed by atoms with E-state index in [0.717, 1.165) is 38.7 Å². The molecule has 2 bridgehead atoms. The molecule has 6 heteroatoms. The average molecular weight is 384 g/mol. The standard InChI is InChI=1S/C22H28N2O4/c1-21-9-8-14(11-17(21)20(26)23-12-15-5-4-10-27-15)22(13-21)24-19(25)16-6-2-3-7-18(16)28-22/h2-3,6-7,14-15,17H,4-5,8-13H2,1H3,(H,23,26)(H,24,25)/t14-,15-,17+,21-,22-/m0/s1. The van der Waals surface area contributed by atoms with E-state index in [-0.39, 0.29) is 35.2 Å². The fourth-order valence-electron chi connectivity index (χ4n) is 5.80. The molecule has 2 aliphatic heterocycles. The molecule has 1 spiro atoms. The summed E-state index contributed by atoms with van der Waals surface area (Å²) in [7, 11) is 0. The Hall–Kier alpha value is -2.08. The van der Waals surface area contributed by atoms with Crippen LogP contribution in [0.2, 0.25) is 0 Å². The fraction of sp³-hybridized carbons (Fsp3) is 0.636. The van der Waals surface area contributed by atoms with Crippen molar-refractivity contribution in [3.05, 3.63) is 29.8 Å². The van der Waals surface area contributed by atoms with Crippen LogP contribution in [-0.4, -0.2) is 36.8 Å². The van der Waals surface area contributed by atoms with Crippen molar-refractivity contribution < 1.29 is 19.1 Å². The highest BCUT2D eigenvalue weighted by molar-refractivity contribution is 5.98. The molecule has 5 aliphatic rings. The molecule has 6 rings (SSSR count). The normalized spacial score (nSPS) is 38.6. The average Bonchev–Trinajstić information content (AvgIpc) is 3.19. The first kappa shape index (κ1) is 18.0. The van der Waals surface area contributed by atoms with E-state index >= 15 is 0 Å². The summed E-state index contributed by atoms with van der Waals surface area (Å²) in [6.07, 6.45) is 5.62. The predicted octanol–water partition coefficient (Wildman–Crippen LogP) is 2.63. The molecule has 28 heavy (non-hydrogen) atoms. The molecule has 2 amide bonds. The van der Waals surface area contributed by atoms with Gasteiger partial charge in [-0.2, -0.15) is 0 Å². The van der Waals surface area contributed by atoms with Crippen molar-refractivity contribution in [2.24, 2.45) is 17.3 Å². The molecule has 3 aliphatic carbocycles. The Balaban J connectivity index is 1.34. The minimum Gasteiger partial charge on any atom is -0.467 e. The highest BCUT2D eigenvalue weighted by Crippen LogP contribution is 2.58. The molecular weight excluding hydrogens is 356 g/mol. The van der Waals surface area contributed by atoms with Crippen LogP contribution in [0.4, 0.5) is 0 Å². The topological polar surface area (TPSA) is 76.7 Å². The van der Waals surface area contributed by atoms with E-state index in [1.165, 1.54) is 0 Å². The zero-order valence-corrected chi connectivity index (χ0v) is 16.3. The van der Waals surface area contributed by atoms with Crippen LogP contribution in [0.15, 0.2) is 24.3 Å². The maximum absolute atomic E-state index is 13.0. The van der Waals surface area contributed by atoms with Crippen molar-refractivity contribution in [2.75, 3.05) is 13.2 Å². The van der Waals surface area contributed by atoms with Gasteiger partial charge in [0.25, 0.3) is 5.91 Å². The van der Waals surface area contributed by atoms with E-state index in [4.69, 9.17) is 9.47 Å². The summed E-state index contributed by atoms with van der Waals surface area (Å²) in [5.74, 6) is 0.806. The minimum absolute atomic E-state index is 0.0454. The van der Waals surface area contributed by atoms with Crippen LogP contribution in [0.1, 0.15) is 55.8 Å². The van der Waals surface area contributed by atoms with Gasteiger partial charge in [-0.3, -0.25) is 9.59 Å². The van der Waals surface area contributed by atoms with Crippen molar-refractivity contribution >= 4 is 11.8 Å². The van der Waals surface area contributed by atoms with Crippen molar-refractivity contribution in [1.82, 2.24) is 10.6 Å². The lowest BCUT2D eigenvalue weighted by molar-refractivity contribution is -0.167. The number of hydrogen-bond acceptors (Lipinski definition) is 4. The lowest BCUT2D eigenvalue weighted by Gasteiger charge is -2.59. The first-order valence-electron chi connectivity index (χ1n) is 10.5. The number of para-hydroxylation sites is 1. The Labute approximate surface area is 165 Å². The van der Waals surface area contributed by atoms with E-state index in [9.17, 15) is 9.59 Å². The Morgan fingerprint density at radius 1 is 1.32 bits per heavy atom. The second kappa shape index (κ2) is 6.48. The van der Waals surface area contributed by atoms with Gasteiger partial charge in [-0.15, -0.1) is 0 Å². The van der Waals surface area contributed by atoms with E-state index in [2.05, 4.69) is 17.6 Å². The molecule has 5 atom stereocenters. The number of ether oxygens (including phenoxy) is 2. The summed E-state index contributed by atoms with van der Waals surface area (Å²) in [6, 6.07) is 7.41. The zero-order chi connectivity index (χ0) is 19.4. The number of fused-ring (bicyclic) bond motifs is 3. The molecule has 2 N–H and O–H groups in total. The largest absolute Gasteiger partial charge is 0.467 e. The van der Waals surface area contributed by atoms with Gasteiger partial charge in [0.2, 0.25) is 5.91 Å². The molecule has 0 aromatic heterocycles. The van der Waals surface area contributed by atoms with Crippen LogP contribution >= 0.6 is 0 Å². The number of benzene rings is 1. The third-order valence-electron chi connectivity index (χ3n) is 7.34. The third-order valence-corrected chi connectivity index (χ3v) is 7.34. The lowest BCUT2D eigenvalue weighted by atomic mass is 9.52. The quantitative estimate of drug-likeness (QED) is 0.840. The highest BCUT2D eigenvalue weighted by atomic mass is 16.5. The summed E-state index contributed by atoms with van der Waals surface area (Å²) in [6.45, 7) is 3.57. The van der Waals surface area contributed by atoms with Gasteiger partial charge in [0, 0.05) is 31.4 Å². The summed E-state index contributed by atoms with van der Waals surface area (Å²) in [5.41, 5.74) is -0.288. The van der Waals surface area contributed by atoms with Crippen molar-refractivity contribution in [3.63, 3.8) is 0 Å². The van der Waals surface area contributed by atoms with Gasteiger partial charge in [-0.25, -0.2) is 0 Å². The summed E-state index contributed by atoms with van der Waals surface area (Å²) in [4.78, 5) is 25.7. The van der Waals surface area contributed by atoms with Gasteiger partial charge in [0.15, 0.2) is 5.72 Å². The first-order chi connectivity index (χ1) is 13.5. The SMILES string of the molecule is C[C@@]12CC[C@@H](C[C@@H]1C(=O)NC[C@@H]1CCCO1)[C@@]1(C2)NC(=O)c2ccccc2O1. The maximum atomic E-state index is 13.0. The molecule has 1 aromatic carbocycles. The lowest BCUT2D eigenvalue weighted by Crippen LogP contribution is -2.69. The van der Waals surface area contributed by atoms with Crippen molar-refractivity contribution in [2.45, 2.75) is 57.3 Å². The number of rotatable bonds is 3. The van der Waals surface area contributed by atoms with Crippen LogP contribution < -0.4 is 15.4 Å². The minimum atomic E-state index is -0.691. The van der Waals surface area contributed by atoms with E-state index < -0.39 is 5.72 Å². The van der Waals surface area contributed by atoms with Gasteiger partial charge >= 0.3 is 0 Å². The Bertz CT molecular complexity index is 805. The van der Waals surface area contributed by atoms with Gasteiger partial charge in [0.05, 0.1) is 11.7 Å². The van der Waals surface area contributed by atoms with Crippen LogP contribution in [0.3, 0.4) is 0 Å².